The fourth-order valence-corrected chi connectivity index (χ4v) is 1.79. The van der Waals surface area contributed by atoms with Gasteiger partial charge in [-0.1, -0.05) is 0 Å². The number of alkyl halides is 3. The van der Waals surface area contributed by atoms with Crippen LogP contribution in [0.5, 0.6) is 0 Å². The van der Waals surface area contributed by atoms with Crippen molar-refractivity contribution in [3.63, 3.8) is 0 Å². The van der Waals surface area contributed by atoms with Crippen molar-refractivity contribution < 1.29 is 13.2 Å². The number of hydrogen-bond donors (Lipinski definition) is 1. The van der Waals surface area contributed by atoms with Crippen LogP contribution in [0.15, 0.2) is 4.60 Å². The zero-order valence-electron chi connectivity index (χ0n) is 7.35. The monoisotopic (exact) mass is 280 g/mol. The molecule has 2 rings (SSSR count). The summed E-state index contributed by atoms with van der Waals surface area (Å²) in [6.07, 6.45) is -4.57. The third-order valence-electron chi connectivity index (χ3n) is 1.80. The molecule has 0 fully saturated rings. The Hall–Kier alpha value is -1.18. The quantitative estimate of drug-likeness (QED) is 0.754. The van der Waals surface area contributed by atoms with Crippen LogP contribution in [0.1, 0.15) is 11.5 Å². The Morgan fingerprint density at radius 3 is 2.53 bits per heavy atom. The molecule has 80 valence electrons. The molecule has 0 spiro atoms. The van der Waals surface area contributed by atoms with Gasteiger partial charge in [0.1, 0.15) is 4.60 Å². The first kappa shape index (κ1) is 10.3. The normalized spacial score (nSPS) is 12.3. The number of nitrogens with one attached hydrogen (secondary N) is 1. The molecule has 0 amide bonds. The lowest BCUT2D eigenvalue weighted by molar-refractivity contribution is -0.144. The second-order valence-electron chi connectivity index (χ2n) is 2.88. The second kappa shape index (κ2) is 3.16. The van der Waals surface area contributed by atoms with E-state index in [-0.39, 0.29) is 10.3 Å². The van der Waals surface area contributed by atoms with Gasteiger partial charge in [0.25, 0.3) is 0 Å². The molecule has 2 heterocycles. The maximum absolute atomic E-state index is 12.3. The lowest BCUT2D eigenvalue weighted by Crippen LogP contribution is -2.11. The van der Waals surface area contributed by atoms with Crippen LogP contribution in [0.25, 0.3) is 11.0 Å². The molecule has 1 N–H and O–H groups in total. The number of fused-ring (bicyclic) bond motifs is 1. The molecule has 0 aliphatic heterocycles. The van der Waals surface area contributed by atoms with Gasteiger partial charge in [-0.15, -0.1) is 0 Å². The highest BCUT2D eigenvalue weighted by molar-refractivity contribution is 9.10. The maximum Gasteiger partial charge on any atom is 0.451 e. The van der Waals surface area contributed by atoms with Crippen LogP contribution in [0, 0.1) is 6.92 Å². The van der Waals surface area contributed by atoms with Crippen LogP contribution in [0.2, 0.25) is 0 Å². The third-order valence-corrected chi connectivity index (χ3v) is 2.38. The Morgan fingerprint density at radius 1 is 1.27 bits per heavy atom. The van der Waals surface area contributed by atoms with Crippen molar-refractivity contribution in [1.82, 2.24) is 20.2 Å². The largest absolute Gasteiger partial charge is 0.451 e. The number of aromatic amines is 1. The molecule has 0 aliphatic rings. The van der Waals surface area contributed by atoms with E-state index >= 15 is 0 Å². The minimum Gasteiger partial charge on any atom is -0.280 e. The number of halogens is 4. The van der Waals surface area contributed by atoms with Crippen LogP contribution in [-0.4, -0.2) is 20.2 Å². The van der Waals surface area contributed by atoms with Crippen molar-refractivity contribution in [1.29, 1.82) is 0 Å². The lowest BCUT2D eigenvalue weighted by atomic mass is 10.3. The average molecular weight is 281 g/mol. The van der Waals surface area contributed by atoms with Gasteiger partial charge in [0.2, 0.25) is 5.82 Å². The van der Waals surface area contributed by atoms with Crippen molar-refractivity contribution in [3.8, 4) is 0 Å². The highest BCUT2D eigenvalue weighted by atomic mass is 79.9. The molecule has 0 atom stereocenters. The van der Waals surface area contributed by atoms with Crippen LogP contribution < -0.4 is 0 Å². The summed E-state index contributed by atoms with van der Waals surface area (Å²) in [6, 6.07) is 0. The molecule has 2 aromatic rings. The summed E-state index contributed by atoms with van der Waals surface area (Å²) in [5, 5.41) is 6.65. The first-order valence-corrected chi connectivity index (χ1v) is 4.64. The molecule has 15 heavy (non-hydrogen) atoms. The van der Waals surface area contributed by atoms with Gasteiger partial charge in [0.15, 0.2) is 5.65 Å². The molecule has 0 bridgehead atoms. The Morgan fingerprint density at radius 2 is 1.93 bits per heavy atom. The van der Waals surface area contributed by atoms with E-state index in [9.17, 15) is 13.2 Å². The molecule has 4 nitrogen and oxygen atoms in total. The molecule has 0 unspecified atom stereocenters. The topological polar surface area (TPSA) is 54.5 Å². The van der Waals surface area contributed by atoms with Crippen LogP contribution in [0.4, 0.5) is 13.2 Å². The van der Waals surface area contributed by atoms with Gasteiger partial charge >= 0.3 is 6.18 Å². The molecular formula is C7H4BrF3N4. The highest BCUT2D eigenvalue weighted by Gasteiger charge is 2.35. The van der Waals surface area contributed by atoms with Gasteiger partial charge in [-0.3, -0.25) is 5.10 Å². The van der Waals surface area contributed by atoms with E-state index in [1.807, 2.05) is 0 Å². The first-order chi connectivity index (χ1) is 6.89. The van der Waals surface area contributed by atoms with E-state index in [0.717, 1.165) is 0 Å². The van der Waals surface area contributed by atoms with Gasteiger partial charge in [-0.25, -0.2) is 9.97 Å². The summed E-state index contributed by atoms with van der Waals surface area (Å²) < 4.78 is 37.0. The summed E-state index contributed by atoms with van der Waals surface area (Å²) in [5.41, 5.74) is 0.618. The van der Waals surface area contributed by atoms with Crippen molar-refractivity contribution in [2.75, 3.05) is 0 Å². The summed E-state index contributed by atoms with van der Waals surface area (Å²) in [4.78, 5) is 6.65. The van der Waals surface area contributed by atoms with Crippen molar-refractivity contribution in [3.05, 3.63) is 16.1 Å². The average Bonchev–Trinajstić information content (AvgIpc) is 2.46. The number of aromatic nitrogens is 4. The van der Waals surface area contributed by atoms with Crippen molar-refractivity contribution in [2.45, 2.75) is 13.1 Å². The molecule has 2 aromatic heterocycles. The maximum atomic E-state index is 12.3. The van der Waals surface area contributed by atoms with E-state index in [0.29, 0.717) is 11.1 Å². The van der Waals surface area contributed by atoms with Gasteiger partial charge in [0, 0.05) is 5.69 Å². The van der Waals surface area contributed by atoms with Gasteiger partial charge in [0.05, 0.1) is 5.39 Å². The van der Waals surface area contributed by atoms with Crippen LogP contribution >= 0.6 is 15.9 Å². The predicted molar refractivity (Wildman–Crippen MR) is 49.1 cm³/mol. The zero-order valence-corrected chi connectivity index (χ0v) is 8.94. The number of H-pyrrole nitrogens is 1. The smallest absolute Gasteiger partial charge is 0.280 e. The molecule has 0 aromatic carbocycles. The molecule has 0 radical (unpaired) electrons. The predicted octanol–water partition coefficient (Wildman–Crippen LogP) is 2.44. The van der Waals surface area contributed by atoms with E-state index < -0.39 is 12.0 Å². The highest BCUT2D eigenvalue weighted by Crippen LogP contribution is 2.30. The molecule has 8 heteroatoms. The van der Waals surface area contributed by atoms with Gasteiger partial charge in [-0.05, 0) is 22.9 Å². The number of aryl methyl sites for hydroxylation is 1. The summed E-state index contributed by atoms with van der Waals surface area (Å²) in [5.74, 6) is -1.20. The molecular weight excluding hydrogens is 277 g/mol. The molecule has 0 aliphatic carbocycles. The van der Waals surface area contributed by atoms with Crippen LogP contribution in [0.3, 0.4) is 0 Å². The molecule has 0 saturated carbocycles. The summed E-state index contributed by atoms with van der Waals surface area (Å²) >= 11 is 2.96. The Bertz CT molecular complexity index is 519. The van der Waals surface area contributed by atoms with Crippen molar-refractivity contribution >= 4 is 27.0 Å². The zero-order chi connectivity index (χ0) is 11.2. The number of rotatable bonds is 0. The number of nitrogens with zero attached hydrogens (tertiary/aromatic N) is 3. The molecule has 0 saturated heterocycles. The minimum atomic E-state index is -4.57. The summed E-state index contributed by atoms with van der Waals surface area (Å²) in [6.45, 7) is 1.68. The van der Waals surface area contributed by atoms with E-state index in [1.165, 1.54) is 0 Å². The van der Waals surface area contributed by atoms with E-state index in [4.69, 9.17) is 0 Å². The Kier molecular flexibility index (Phi) is 2.18. The van der Waals surface area contributed by atoms with Gasteiger partial charge in [-0.2, -0.15) is 18.3 Å². The van der Waals surface area contributed by atoms with E-state index in [1.54, 1.807) is 6.92 Å². The fourth-order valence-electron chi connectivity index (χ4n) is 1.15. The minimum absolute atomic E-state index is 0.00157. The van der Waals surface area contributed by atoms with Gasteiger partial charge < -0.3 is 0 Å². The third kappa shape index (κ3) is 1.69. The van der Waals surface area contributed by atoms with E-state index in [2.05, 4.69) is 36.1 Å². The SMILES string of the molecule is Cc1[nH]nc2nc(C(F)(F)F)nc(Br)c12. The lowest BCUT2D eigenvalue weighted by Gasteiger charge is -2.04. The summed E-state index contributed by atoms with van der Waals surface area (Å²) in [7, 11) is 0. The van der Waals surface area contributed by atoms with Crippen LogP contribution in [-0.2, 0) is 6.18 Å². The second-order valence-corrected chi connectivity index (χ2v) is 3.63. The first-order valence-electron chi connectivity index (χ1n) is 3.85. The standard InChI is InChI=1S/C7H4BrF3N4/c1-2-3-4(8)12-6(7(9,10)11)13-5(3)15-14-2/h1H3,(H,12,13,14,15). The number of hydrogen-bond acceptors (Lipinski definition) is 3. The van der Waals surface area contributed by atoms with Crippen molar-refractivity contribution in [2.24, 2.45) is 0 Å². The fraction of sp³-hybridized carbons (Fsp3) is 0.286. The Balaban J connectivity index is 2.74. The Labute approximate surface area is 90.0 Å².